The minimum Gasteiger partial charge on any atom is -0.469 e. The fourth-order valence-corrected chi connectivity index (χ4v) is 5.86. The highest BCUT2D eigenvalue weighted by Gasteiger charge is 2.57. The lowest BCUT2D eigenvalue weighted by Gasteiger charge is -2.49. The first-order valence-corrected chi connectivity index (χ1v) is 9.75. The first-order valence-electron chi connectivity index (χ1n) is 8.39. The molecule has 0 aromatic heterocycles. The zero-order valence-corrected chi connectivity index (χ0v) is 16.8. The number of benzene rings is 1. The van der Waals surface area contributed by atoms with E-state index in [1.54, 1.807) is 23.9 Å². The van der Waals surface area contributed by atoms with Crippen molar-refractivity contribution in [2.75, 3.05) is 26.5 Å². The fraction of sp³-hybridized carbons (Fsp3) is 0.474. The molecule has 3 rings (SSSR count). The molecule has 5 nitrogen and oxygen atoms in total. The monoisotopic (exact) mass is 395 g/mol. The van der Waals surface area contributed by atoms with Crippen LogP contribution in [0.3, 0.4) is 0 Å². The zero-order chi connectivity index (χ0) is 19.1. The lowest BCUT2D eigenvalue weighted by atomic mass is 9.72. The summed E-state index contributed by atoms with van der Waals surface area (Å²) in [5.41, 5.74) is 2.14. The Balaban J connectivity index is 2.28. The Kier molecular flexibility index (Phi) is 5.26. The number of esters is 2. The molecule has 0 unspecified atom stereocenters. The number of hydrogen-bond acceptors (Lipinski definition) is 6. The van der Waals surface area contributed by atoms with Crippen LogP contribution in [0.2, 0.25) is 5.02 Å². The number of methoxy groups -OCH3 is 2. The molecule has 3 atom stereocenters. The maximum absolute atomic E-state index is 12.9. The molecule has 140 valence electrons. The molecule has 0 spiro atoms. The van der Waals surface area contributed by atoms with Crippen molar-refractivity contribution in [2.24, 2.45) is 5.92 Å². The van der Waals surface area contributed by atoms with Crippen LogP contribution in [0, 0.1) is 5.92 Å². The smallest absolute Gasteiger partial charge is 0.336 e. The van der Waals surface area contributed by atoms with Crippen molar-refractivity contribution >= 4 is 35.3 Å². The molecule has 1 fully saturated rings. The molecule has 0 radical (unpaired) electrons. The van der Waals surface area contributed by atoms with E-state index >= 15 is 0 Å². The van der Waals surface area contributed by atoms with Gasteiger partial charge in [-0.15, -0.1) is 11.8 Å². The SMILES string of the molecule is COC(=O)C1=C(C)N2CCS[C@@]2(C)[C@@H](C(=O)OC)[C@@H]1c1cccc(Cl)c1. The molecule has 0 saturated carbocycles. The Labute approximate surface area is 162 Å². The molecule has 7 heteroatoms. The van der Waals surface area contributed by atoms with Crippen molar-refractivity contribution < 1.29 is 19.1 Å². The van der Waals surface area contributed by atoms with Crippen LogP contribution in [0.1, 0.15) is 25.3 Å². The number of rotatable bonds is 3. The van der Waals surface area contributed by atoms with E-state index < -0.39 is 22.7 Å². The van der Waals surface area contributed by atoms with Gasteiger partial charge in [-0.1, -0.05) is 23.7 Å². The molecule has 0 N–H and O–H groups in total. The molecular weight excluding hydrogens is 374 g/mol. The summed E-state index contributed by atoms with van der Waals surface area (Å²) in [6.07, 6.45) is 0. The van der Waals surface area contributed by atoms with Crippen LogP contribution in [-0.2, 0) is 19.1 Å². The minimum absolute atomic E-state index is 0.342. The van der Waals surface area contributed by atoms with Gasteiger partial charge in [-0.25, -0.2) is 4.79 Å². The average molecular weight is 396 g/mol. The summed E-state index contributed by atoms with van der Waals surface area (Å²) < 4.78 is 10.2. The number of carbonyl (C=O) groups is 2. The lowest BCUT2D eigenvalue weighted by molar-refractivity contribution is -0.150. The van der Waals surface area contributed by atoms with E-state index in [9.17, 15) is 9.59 Å². The van der Waals surface area contributed by atoms with Crippen molar-refractivity contribution in [2.45, 2.75) is 24.6 Å². The number of carbonyl (C=O) groups excluding carboxylic acids is 2. The fourth-order valence-electron chi connectivity index (χ4n) is 4.17. The molecule has 2 aliphatic rings. The van der Waals surface area contributed by atoms with Crippen molar-refractivity contribution in [1.82, 2.24) is 4.90 Å². The molecule has 0 aliphatic carbocycles. The molecule has 2 aliphatic heterocycles. The van der Waals surface area contributed by atoms with Gasteiger partial charge in [0.15, 0.2) is 0 Å². The third kappa shape index (κ3) is 2.89. The van der Waals surface area contributed by atoms with Crippen molar-refractivity contribution in [1.29, 1.82) is 0 Å². The second kappa shape index (κ2) is 7.16. The van der Waals surface area contributed by atoms with E-state index in [1.165, 1.54) is 14.2 Å². The Bertz CT molecular complexity index is 781. The number of fused-ring (bicyclic) bond motifs is 1. The van der Waals surface area contributed by atoms with Crippen LogP contribution < -0.4 is 0 Å². The van der Waals surface area contributed by atoms with Gasteiger partial charge in [0, 0.05) is 28.9 Å². The van der Waals surface area contributed by atoms with Gasteiger partial charge in [0.1, 0.15) is 5.92 Å². The lowest BCUT2D eigenvalue weighted by Crippen LogP contribution is -2.55. The molecule has 26 heavy (non-hydrogen) atoms. The predicted octanol–water partition coefficient (Wildman–Crippen LogP) is 3.44. The van der Waals surface area contributed by atoms with E-state index in [4.69, 9.17) is 21.1 Å². The Morgan fingerprint density at radius 2 is 2.04 bits per heavy atom. The third-order valence-electron chi connectivity index (χ3n) is 5.33. The summed E-state index contributed by atoms with van der Waals surface area (Å²) in [7, 11) is 2.74. The van der Waals surface area contributed by atoms with Crippen LogP contribution >= 0.6 is 23.4 Å². The second-order valence-electron chi connectivity index (χ2n) is 6.58. The summed E-state index contributed by atoms with van der Waals surface area (Å²) in [5.74, 6) is -0.944. The van der Waals surface area contributed by atoms with Crippen LogP contribution in [-0.4, -0.2) is 48.2 Å². The van der Waals surface area contributed by atoms with Gasteiger partial charge >= 0.3 is 11.9 Å². The molecule has 1 saturated heterocycles. The van der Waals surface area contributed by atoms with Gasteiger partial charge < -0.3 is 14.4 Å². The highest BCUT2D eigenvalue weighted by molar-refractivity contribution is 8.00. The van der Waals surface area contributed by atoms with Crippen molar-refractivity contribution in [3.05, 3.63) is 46.1 Å². The quantitative estimate of drug-likeness (QED) is 0.731. The maximum atomic E-state index is 12.9. The number of nitrogens with zero attached hydrogens (tertiary/aromatic N) is 1. The minimum atomic E-state index is -0.559. The number of ether oxygens (including phenoxy) is 2. The first-order chi connectivity index (χ1) is 12.3. The average Bonchev–Trinajstić information content (AvgIpc) is 3.03. The number of thioether (sulfide) groups is 1. The molecule has 0 bridgehead atoms. The Morgan fingerprint density at radius 3 is 2.65 bits per heavy atom. The molecule has 2 heterocycles. The Morgan fingerprint density at radius 1 is 1.31 bits per heavy atom. The molecular formula is C19H22ClNO4S. The van der Waals surface area contributed by atoms with Gasteiger partial charge in [-0.2, -0.15) is 0 Å². The highest BCUT2D eigenvalue weighted by Crippen LogP contribution is 2.55. The van der Waals surface area contributed by atoms with Crippen molar-refractivity contribution in [3.63, 3.8) is 0 Å². The standard InChI is InChI=1S/C19H22ClNO4S/c1-11-14(17(22)24-3)15(12-6-5-7-13(20)10-12)16(18(23)25-4)19(2)21(11)8-9-26-19/h5-7,10,15-16H,8-9H2,1-4H3/t15-,16-,19+/m1/s1. The Hall–Kier alpha value is -1.66. The van der Waals surface area contributed by atoms with Gasteiger partial charge in [0.05, 0.1) is 24.7 Å². The summed E-state index contributed by atoms with van der Waals surface area (Å²) in [6, 6.07) is 7.29. The zero-order valence-electron chi connectivity index (χ0n) is 15.2. The highest BCUT2D eigenvalue weighted by atomic mass is 35.5. The maximum Gasteiger partial charge on any atom is 0.336 e. The van der Waals surface area contributed by atoms with E-state index in [1.807, 2.05) is 26.0 Å². The second-order valence-corrected chi connectivity index (χ2v) is 8.54. The number of hydrogen-bond donors (Lipinski definition) is 0. The topological polar surface area (TPSA) is 55.8 Å². The number of halogens is 1. The third-order valence-corrected chi connectivity index (χ3v) is 7.01. The van der Waals surface area contributed by atoms with E-state index in [0.29, 0.717) is 10.6 Å². The van der Waals surface area contributed by atoms with E-state index in [0.717, 1.165) is 23.6 Å². The van der Waals surface area contributed by atoms with E-state index in [2.05, 4.69) is 4.90 Å². The molecule has 1 aromatic rings. The first kappa shape index (κ1) is 19.1. The van der Waals surface area contributed by atoms with Crippen LogP contribution in [0.4, 0.5) is 0 Å². The summed E-state index contributed by atoms with van der Waals surface area (Å²) in [5, 5.41) is 0.555. The largest absolute Gasteiger partial charge is 0.469 e. The summed E-state index contributed by atoms with van der Waals surface area (Å²) in [6.45, 7) is 4.73. The van der Waals surface area contributed by atoms with Crippen LogP contribution in [0.25, 0.3) is 0 Å². The van der Waals surface area contributed by atoms with E-state index in [-0.39, 0.29) is 5.97 Å². The molecule has 0 amide bonds. The summed E-state index contributed by atoms with van der Waals surface area (Å²) >= 11 is 7.92. The predicted molar refractivity (Wildman–Crippen MR) is 102 cm³/mol. The van der Waals surface area contributed by atoms with Gasteiger partial charge in [0.25, 0.3) is 0 Å². The van der Waals surface area contributed by atoms with Gasteiger partial charge in [-0.3, -0.25) is 4.79 Å². The van der Waals surface area contributed by atoms with Crippen LogP contribution in [0.5, 0.6) is 0 Å². The normalized spacial score (nSPS) is 28.0. The number of allylic oxidation sites excluding steroid dienone is 1. The van der Waals surface area contributed by atoms with Gasteiger partial charge in [-0.05, 0) is 31.5 Å². The molecule has 1 aromatic carbocycles. The van der Waals surface area contributed by atoms with Gasteiger partial charge in [0.2, 0.25) is 0 Å². The summed E-state index contributed by atoms with van der Waals surface area (Å²) in [4.78, 5) is 27.2. The van der Waals surface area contributed by atoms with Crippen LogP contribution in [0.15, 0.2) is 35.5 Å². The van der Waals surface area contributed by atoms with Crippen molar-refractivity contribution in [3.8, 4) is 0 Å².